The van der Waals surface area contributed by atoms with Gasteiger partial charge in [-0.1, -0.05) is 302 Å². The summed E-state index contributed by atoms with van der Waals surface area (Å²) in [5.74, 6) is -0.825. The predicted molar refractivity (Wildman–Crippen MR) is 319 cm³/mol. The summed E-state index contributed by atoms with van der Waals surface area (Å²) in [4.78, 5) is 37.8. The van der Waals surface area contributed by atoms with Crippen LogP contribution in [0.4, 0.5) is 0 Å². The lowest BCUT2D eigenvalue weighted by atomic mass is 10.0. The van der Waals surface area contributed by atoms with Crippen LogP contribution in [0.5, 0.6) is 0 Å². The molecule has 0 aromatic carbocycles. The normalized spacial score (nSPS) is 13.2. The van der Waals surface area contributed by atoms with E-state index in [1.54, 1.807) is 0 Å². The van der Waals surface area contributed by atoms with E-state index in [9.17, 15) is 19.0 Å². The van der Waals surface area contributed by atoms with Crippen LogP contribution in [-0.4, -0.2) is 70.0 Å². The van der Waals surface area contributed by atoms with Crippen molar-refractivity contribution in [2.24, 2.45) is 0 Å². The number of nitrogens with zero attached hydrogens (tertiary/aromatic N) is 1. The molecule has 0 aliphatic heterocycles. The Kier molecular flexibility index (Phi) is 56.5. The SMILES string of the molecule is CCCCCCC/C=C\CCCCCCCC(=O)OC(COC(=O)CCCCCCCCCCCCCCCCCCCCCCCCCCCCCCCCCCCCCCC)COP(=O)([O-])OCC[N+](C)(C)C. The molecule has 0 spiro atoms. The first-order valence-corrected chi connectivity index (χ1v) is 34.4. The summed E-state index contributed by atoms with van der Waals surface area (Å²) in [6.45, 7) is 4.27. The van der Waals surface area contributed by atoms with Gasteiger partial charge in [0.15, 0.2) is 6.10 Å². The molecular formula is C65H128NO8P. The molecule has 0 fully saturated rings. The van der Waals surface area contributed by atoms with Crippen LogP contribution in [0.1, 0.15) is 341 Å². The highest BCUT2D eigenvalue weighted by Crippen LogP contribution is 2.38. The van der Waals surface area contributed by atoms with E-state index in [-0.39, 0.29) is 32.0 Å². The second-order valence-electron chi connectivity index (χ2n) is 23.8. The number of rotatable bonds is 62. The van der Waals surface area contributed by atoms with Crippen molar-refractivity contribution >= 4 is 19.8 Å². The van der Waals surface area contributed by atoms with Crippen LogP contribution in [0.25, 0.3) is 0 Å². The highest BCUT2D eigenvalue weighted by molar-refractivity contribution is 7.45. The molecule has 0 heterocycles. The van der Waals surface area contributed by atoms with Crippen molar-refractivity contribution in [3.63, 3.8) is 0 Å². The van der Waals surface area contributed by atoms with E-state index >= 15 is 0 Å². The maximum Gasteiger partial charge on any atom is 0.306 e. The average molecular weight is 1080 g/mol. The Labute approximate surface area is 466 Å². The van der Waals surface area contributed by atoms with Gasteiger partial charge in [-0.25, -0.2) is 0 Å². The van der Waals surface area contributed by atoms with Crippen LogP contribution in [0.2, 0.25) is 0 Å². The molecule has 446 valence electrons. The molecule has 0 bridgehead atoms. The van der Waals surface area contributed by atoms with Crippen molar-refractivity contribution in [2.75, 3.05) is 47.5 Å². The number of hydrogen-bond donors (Lipinski definition) is 0. The van der Waals surface area contributed by atoms with Gasteiger partial charge in [0.1, 0.15) is 19.8 Å². The number of carbonyl (C=O) groups excluding carboxylic acids is 2. The van der Waals surface area contributed by atoms with Crippen LogP contribution < -0.4 is 4.89 Å². The summed E-state index contributed by atoms with van der Waals surface area (Å²) in [6, 6.07) is 0. The quantitative estimate of drug-likeness (QED) is 0.0195. The minimum absolute atomic E-state index is 0.0289. The smallest absolute Gasteiger partial charge is 0.306 e. The van der Waals surface area contributed by atoms with Crippen LogP contribution in [0.3, 0.4) is 0 Å². The topological polar surface area (TPSA) is 111 Å². The van der Waals surface area contributed by atoms with E-state index in [0.29, 0.717) is 17.4 Å². The van der Waals surface area contributed by atoms with Gasteiger partial charge in [-0.2, -0.15) is 0 Å². The predicted octanol–water partition coefficient (Wildman–Crippen LogP) is 20.1. The maximum atomic E-state index is 12.8. The summed E-state index contributed by atoms with van der Waals surface area (Å²) in [5, 5.41) is 0. The molecule has 0 saturated heterocycles. The summed E-state index contributed by atoms with van der Waals surface area (Å²) < 4.78 is 34.1. The van der Waals surface area contributed by atoms with Gasteiger partial charge in [0.05, 0.1) is 27.7 Å². The molecule has 10 heteroatoms. The fourth-order valence-corrected chi connectivity index (χ4v) is 10.7. The number of carbonyl (C=O) groups is 2. The molecular weight excluding hydrogens is 954 g/mol. The summed E-state index contributed by atoms with van der Waals surface area (Å²) in [6.07, 6.45) is 68.9. The zero-order valence-corrected chi connectivity index (χ0v) is 51.7. The van der Waals surface area contributed by atoms with Crippen molar-refractivity contribution in [1.82, 2.24) is 0 Å². The molecule has 0 aliphatic carbocycles. The Morgan fingerprint density at radius 3 is 0.987 bits per heavy atom. The van der Waals surface area contributed by atoms with Crippen molar-refractivity contribution in [2.45, 2.75) is 347 Å². The number of ether oxygens (including phenoxy) is 2. The van der Waals surface area contributed by atoms with Gasteiger partial charge in [0.2, 0.25) is 0 Å². The molecule has 0 rings (SSSR count). The van der Waals surface area contributed by atoms with Gasteiger partial charge in [-0.15, -0.1) is 0 Å². The van der Waals surface area contributed by atoms with Crippen molar-refractivity contribution in [3.05, 3.63) is 12.2 Å². The lowest BCUT2D eigenvalue weighted by molar-refractivity contribution is -0.870. The third-order valence-electron chi connectivity index (χ3n) is 15.0. The van der Waals surface area contributed by atoms with E-state index in [2.05, 4.69) is 26.0 Å². The highest BCUT2D eigenvalue weighted by atomic mass is 31.2. The number of likely N-dealkylation sites (N-methyl/N-ethyl adjacent to an activating group) is 1. The first kappa shape index (κ1) is 73.8. The Balaban J connectivity index is 3.85. The molecule has 2 atom stereocenters. The second-order valence-corrected chi connectivity index (χ2v) is 25.3. The molecule has 0 aromatic rings. The standard InChI is InChI=1S/C65H128NO8P/c1-6-8-10-12-14-16-18-20-22-23-24-25-26-27-28-29-30-31-32-33-34-35-36-37-38-39-40-41-42-43-44-46-47-49-51-53-55-57-64(67)71-61-63(62-73-75(69,70)72-60-59-66(3,4)5)74-65(68)58-56-54-52-50-48-45-21-19-17-15-13-11-9-7-2/h19,21,63H,6-18,20,22-62H2,1-5H3/b21-19-. The van der Waals surface area contributed by atoms with Crippen LogP contribution in [-0.2, 0) is 32.7 Å². The molecule has 0 amide bonds. The second kappa shape index (κ2) is 57.4. The zero-order valence-electron chi connectivity index (χ0n) is 50.8. The van der Waals surface area contributed by atoms with E-state index in [1.807, 2.05) is 21.1 Å². The number of esters is 2. The van der Waals surface area contributed by atoms with E-state index in [4.69, 9.17) is 18.5 Å². The minimum Gasteiger partial charge on any atom is -0.756 e. The van der Waals surface area contributed by atoms with Gasteiger partial charge >= 0.3 is 11.9 Å². The molecule has 0 aliphatic rings. The third kappa shape index (κ3) is 61.8. The number of unbranched alkanes of at least 4 members (excludes halogenated alkanes) is 46. The monoisotopic (exact) mass is 1080 g/mol. The van der Waals surface area contributed by atoms with Crippen LogP contribution >= 0.6 is 7.82 Å². The minimum atomic E-state index is -4.63. The molecule has 0 saturated carbocycles. The number of phosphoric ester groups is 1. The molecule has 0 aromatic heterocycles. The van der Waals surface area contributed by atoms with Crippen molar-refractivity contribution in [3.8, 4) is 0 Å². The first-order chi connectivity index (χ1) is 36.5. The van der Waals surface area contributed by atoms with E-state index in [1.165, 1.54) is 257 Å². The number of allylic oxidation sites excluding steroid dienone is 2. The summed E-state index contributed by atoms with van der Waals surface area (Å²) in [7, 11) is 1.18. The highest BCUT2D eigenvalue weighted by Gasteiger charge is 2.22. The van der Waals surface area contributed by atoms with Gasteiger partial charge in [0, 0.05) is 12.8 Å². The Morgan fingerprint density at radius 1 is 0.400 bits per heavy atom. The van der Waals surface area contributed by atoms with Gasteiger partial charge in [0.25, 0.3) is 7.82 Å². The van der Waals surface area contributed by atoms with Crippen LogP contribution in [0.15, 0.2) is 12.2 Å². The molecule has 0 radical (unpaired) electrons. The van der Waals surface area contributed by atoms with E-state index in [0.717, 1.165) is 51.4 Å². The summed E-state index contributed by atoms with van der Waals surface area (Å²) >= 11 is 0. The van der Waals surface area contributed by atoms with E-state index < -0.39 is 26.5 Å². The number of hydrogen-bond acceptors (Lipinski definition) is 8. The Bertz CT molecular complexity index is 1270. The molecule has 9 nitrogen and oxygen atoms in total. The fraction of sp³-hybridized carbons (Fsp3) is 0.938. The van der Waals surface area contributed by atoms with Crippen LogP contribution in [0, 0.1) is 0 Å². The Morgan fingerprint density at radius 2 is 0.680 bits per heavy atom. The lowest BCUT2D eigenvalue weighted by Crippen LogP contribution is -2.37. The number of quaternary nitrogens is 1. The molecule has 0 N–H and O–H groups in total. The van der Waals surface area contributed by atoms with Crippen molar-refractivity contribution < 1.29 is 42.1 Å². The zero-order chi connectivity index (χ0) is 54.9. The lowest BCUT2D eigenvalue weighted by Gasteiger charge is -2.28. The van der Waals surface area contributed by atoms with Crippen molar-refractivity contribution in [1.29, 1.82) is 0 Å². The van der Waals surface area contributed by atoms with Gasteiger partial charge in [-0.05, 0) is 38.5 Å². The number of phosphoric acid groups is 1. The largest absolute Gasteiger partial charge is 0.756 e. The van der Waals surface area contributed by atoms with Gasteiger partial charge in [-0.3, -0.25) is 14.2 Å². The fourth-order valence-electron chi connectivity index (χ4n) is 9.95. The summed E-state index contributed by atoms with van der Waals surface area (Å²) in [5.41, 5.74) is 0. The third-order valence-corrected chi connectivity index (χ3v) is 16.0. The Hall–Kier alpha value is -1.25. The molecule has 2 unspecified atom stereocenters. The first-order valence-electron chi connectivity index (χ1n) is 32.9. The maximum absolute atomic E-state index is 12.8. The molecule has 75 heavy (non-hydrogen) atoms. The average Bonchev–Trinajstić information content (AvgIpc) is 3.37. The van der Waals surface area contributed by atoms with Gasteiger partial charge < -0.3 is 27.9 Å².